The van der Waals surface area contributed by atoms with Crippen molar-refractivity contribution in [2.45, 2.75) is 44.7 Å². The molecule has 2 saturated heterocycles. The molecule has 8 nitrogen and oxygen atoms in total. The Kier molecular flexibility index (Phi) is 8.27. The van der Waals surface area contributed by atoms with E-state index in [-0.39, 0.29) is 29.7 Å². The largest absolute Gasteiger partial charge is 0.349 e. The molecular formula is C33H32Cl2N4O4. The molecule has 4 amide bonds. The zero-order valence-corrected chi connectivity index (χ0v) is 25.3. The average molecular weight is 620 g/mol. The maximum absolute atomic E-state index is 13.1. The molecule has 0 saturated carbocycles. The zero-order valence-electron chi connectivity index (χ0n) is 23.8. The number of anilines is 1. The minimum atomic E-state index is -0.358. The van der Waals surface area contributed by atoms with Crippen molar-refractivity contribution in [2.75, 3.05) is 31.1 Å². The molecule has 0 aromatic heterocycles. The van der Waals surface area contributed by atoms with E-state index in [1.807, 2.05) is 11.8 Å². The van der Waals surface area contributed by atoms with E-state index in [9.17, 15) is 19.2 Å². The minimum absolute atomic E-state index is 0.0543. The predicted octanol–water partition coefficient (Wildman–Crippen LogP) is 5.60. The molecule has 0 spiro atoms. The molecule has 10 heteroatoms. The smallest absolute Gasteiger partial charge is 0.266 e. The van der Waals surface area contributed by atoms with Crippen molar-refractivity contribution in [3.05, 3.63) is 98.5 Å². The number of nitrogens with one attached hydrogen (secondary N) is 1. The van der Waals surface area contributed by atoms with Gasteiger partial charge in [-0.15, -0.1) is 0 Å². The molecule has 0 aliphatic carbocycles. The molecule has 1 N–H and O–H groups in total. The zero-order chi connectivity index (χ0) is 30.2. The van der Waals surface area contributed by atoms with Crippen molar-refractivity contribution in [1.82, 2.24) is 15.1 Å². The summed E-state index contributed by atoms with van der Waals surface area (Å²) in [6.07, 6.45) is 3.48. The van der Waals surface area contributed by atoms with Crippen molar-refractivity contribution in [3.8, 4) is 0 Å². The van der Waals surface area contributed by atoms with E-state index >= 15 is 0 Å². The van der Waals surface area contributed by atoms with Crippen LogP contribution in [0.3, 0.4) is 0 Å². The van der Waals surface area contributed by atoms with E-state index in [0.29, 0.717) is 57.1 Å². The molecule has 2 fully saturated rings. The van der Waals surface area contributed by atoms with Gasteiger partial charge in [0.05, 0.1) is 27.4 Å². The van der Waals surface area contributed by atoms with Crippen LogP contribution in [0.15, 0.2) is 60.7 Å². The van der Waals surface area contributed by atoms with Crippen LogP contribution >= 0.6 is 23.2 Å². The van der Waals surface area contributed by atoms with Crippen molar-refractivity contribution in [2.24, 2.45) is 0 Å². The molecule has 0 radical (unpaired) electrons. The number of hydrogen-bond donors (Lipinski definition) is 1. The van der Waals surface area contributed by atoms with Crippen LogP contribution in [0.2, 0.25) is 10.0 Å². The van der Waals surface area contributed by atoms with Crippen LogP contribution in [0, 0.1) is 6.92 Å². The minimum Gasteiger partial charge on any atom is -0.349 e. The van der Waals surface area contributed by atoms with Gasteiger partial charge in [-0.05, 0) is 86.7 Å². The Labute approximate surface area is 260 Å². The standard InChI is InChI=1S/C33H32Cl2N4O4/c1-20-28(34)11-10-27(29(20)35)31(41)38-18-14-23(15-19-38)37-16-12-22(13-17-37)36-30(40)21-6-8-24(9-7-21)39-32(42)25-4-2-3-5-26(25)33(39)43/h2-11,22-23H,12-19H2,1H3,(H,36,40). The fourth-order valence-electron chi connectivity index (χ4n) is 6.29. The first kappa shape index (κ1) is 29.4. The second-order valence-corrected chi connectivity index (χ2v) is 12.2. The van der Waals surface area contributed by atoms with Crippen LogP contribution in [0.25, 0.3) is 0 Å². The lowest BCUT2D eigenvalue weighted by molar-refractivity contribution is 0.0566. The van der Waals surface area contributed by atoms with Gasteiger partial charge < -0.3 is 15.1 Å². The van der Waals surface area contributed by atoms with Crippen LogP contribution in [0.5, 0.6) is 0 Å². The first-order valence-electron chi connectivity index (χ1n) is 14.6. The highest BCUT2D eigenvalue weighted by Crippen LogP contribution is 2.30. The molecule has 3 aromatic rings. The van der Waals surface area contributed by atoms with Gasteiger partial charge in [0.1, 0.15) is 0 Å². The Morgan fingerprint density at radius 2 is 1.40 bits per heavy atom. The van der Waals surface area contributed by atoms with Crippen molar-refractivity contribution in [3.63, 3.8) is 0 Å². The Morgan fingerprint density at radius 1 is 0.791 bits per heavy atom. The summed E-state index contributed by atoms with van der Waals surface area (Å²) in [6.45, 7) is 4.93. The van der Waals surface area contributed by atoms with Gasteiger partial charge in [-0.2, -0.15) is 0 Å². The van der Waals surface area contributed by atoms with E-state index in [1.165, 1.54) is 0 Å². The number of imide groups is 1. The Hall–Kier alpha value is -3.72. The van der Waals surface area contributed by atoms with Gasteiger partial charge in [0, 0.05) is 48.8 Å². The van der Waals surface area contributed by atoms with Crippen molar-refractivity contribution >= 4 is 52.5 Å². The number of rotatable bonds is 5. The number of hydrogen-bond acceptors (Lipinski definition) is 5. The average Bonchev–Trinajstić information content (AvgIpc) is 3.29. The third-order valence-corrected chi connectivity index (χ3v) is 9.76. The summed E-state index contributed by atoms with van der Waals surface area (Å²) >= 11 is 12.6. The van der Waals surface area contributed by atoms with Crippen molar-refractivity contribution in [1.29, 1.82) is 0 Å². The summed E-state index contributed by atoms with van der Waals surface area (Å²) in [5.74, 6) is -0.942. The Morgan fingerprint density at radius 3 is 2.00 bits per heavy atom. The number of nitrogens with zero attached hydrogens (tertiary/aromatic N) is 3. The number of piperidine rings is 2. The number of fused-ring (bicyclic) bond motifs is 1. The summed E-state index contributed by atoms with van der Waals surface area (Å²) < 4.78 is 0. The van der Waals surface area contributed by atoms with Gasteiger partial charge >= 0.3 is 0 Å². The van der Waals surface area contributed by atoms with Gasteiger partial charge in [-0.3, -0.25) is 19.2 Å². The third kappa shape index (κ3) is 5.67. The highest BCUT2D eigenvalue weighted by atomic mass is 35.5. The number of halogens is 2. The topological polar surface area (TPSA) is 90.0 Å². The van der Waals surface area contributed by atoms with E-state index in [2.05, 4.69) is 10.2 Å². The molecule has 3 heterocycles. The first-order chi connectivity index (χ1) is 20.7. The second-order valence-electron chi connectivity index (χ2n) is 11.4. The lowest BCUT2D eigenvalue weighted by Gasteiger charge is -2.42. The van der Waals surface area contributed by atoms with E-state index in [1.54, 1.807) is 60.7 Å². The van der Waals surface area contributed by atoms with Gasteiger partial charge in [-0.1, -0.05) is 35.3 Å². The first-order valence-corrected chi connectivity index (χ1v) is 15.3. The van der Waals surface area contributed by atoms with Gasteiger partial charge in [0.2, 0.25) is 0 Å². The van der Waals surface area contributed by atoms with Crippen LogP contribution in [0.1, 0.15) is 72.7 Å². The summed E-state index contributed by atoms with van der Waals surface area (Å²) in [5.41, 5.74) is 2.91. The number of benzene rings is 3. The summed E-state index contributed by atoms with van der Waals surface area (Å²) in [6, 6.07) is 17.2. The number of likely N-dealkylation sites (tertiary alicyclic amines) is 2. The lowest BCUT2D eigenvalue weighted by Crippen LogP contribution is -2.51. The van der Waals surface area contributed by atoms with Gasteiger partial charge in [0.25, 0.3) is 23.6 Å². The van der Waals surface area contributed by atoms with Crippen LogP contribution < -0.4 is 10.2 Å². The SMILES string of the molecule is Cc1c(Cl)ccc(C(=O)N2CCC(N3CCC(NC(=O)c4ccc(N5C(=O)c6ccccc6C5=O)cc4)CC3)CC2)c1Cl. The predicted molar refractivity (Wildman–Crippen MR) is 166 cm³/mol. The second kappa shape index (κ2) is 12.1. The summed E-state index contributed by atoms with van der Waals surface area (Å²) in [5, 5.41) is 4.12. The molecule has 43 heavy (non-hydrogen) atoms. The summed E-state index contributed by atoms with van der Waals surface area (Å²) in [7, 11) is 0. The van der Waals surface area contributed by atoms with Crippen LogP contribution in [-0.4, -0.2) is 71.7 Å². The fourth-order valence-corrected chi connectivity index (χ4v) is 6.75. The molecule has 3 aliphatic heterocycles. The normalized spacial score (nSPS) is 18.2. The quantitative estimate of drug-likeness (QED) is 0.376. The number of amides is 4. The molecule has 3 aromatic carbocycles. The molecular weight excluding hydrogens is 587 g/mol. The van der Waals surface area contributed by atoms with E-state index in [4.69, 9.17) is 23.2 Å². The molecule has 222 valence electrons. The molecule has 6 rings (SSSR count). The highest BCUT2D eigenvalue weighted by molar-refractivity contribution is 6.38. The lowest BCUT2D eigenvalue weighted by atomic mass is 9.97. The maximum atomic E-state index is 13.1. The molecule has 0 unspecified atom stereocenters. The van der Waals surface area contributed by atoms with E-state index in [0.717, 1.165) is 49.2 Å². The molecule has 0 bridgehead atoms. The van der Waals surface area contributed by atoms with Crippen LogP contribution in [-0.2, 0) is 0 Å². The monoisotopic (exact) mass is 618 g/mol. The van der Waals surface area contributed by atoms with E-state index < -0.39 is 0 Å². The summed E-state index contributed by atoms with van der Waals surface area (Å²) in [4.78, 5) is 57.1. The Balaban J connectivity index is 0.979. The maximum Gasteiger partial charge on any atom is 0.266 e. The van der Waals surface area contributed by atoms with Crippen molar-refractivity contribution < 1.29 is 19.2 Å². The fraction of sp³-hybridized carbons (Fsp3) is 0.333. The van der Waals surface area contributed by atoms with Crippen LogP contribution in [0.4, 0.5) is 5.69 Å². The number of carbonyl (C=O) groups excluding carboxylic acids is 4. The highest BCUT2D eigenvalue weighted by Gasteiger charge is 2.36. The molecule has 3 aliphatic rings. The Bertz CT molecular complexity index is 1560. The third-order valence-electron chi connectivity index (χ3n) is 8.87. The number of carbonyl (C=O) groups is 4. The van der Waals surface area contributed by atoms with Gasteiger partial charge in [-0.25, -0.2) is 4.90 Å². The molecule has 0 atom stereocenters. The van der Waals surface area contributed by atoms with Gasteiger partial charge in [0.15, 0.2) is 0 Å².